The average molecular weight is 644 g/mol. The van der Waals surface area contributed by atoms with Crippen LogP contribution in [0, 0.1) is 0 Å². The highest BCUT2D eigenvalue weighted by molar-refractivity contribution is 9.13. The zero-order valence-corrected chi connectivity index (χ0v) is 18.5. The number of benzene rings is 2. The summed E-state index contributed by atoms with van der Waals surface area (Å²) in [6.07, 6.45) is 0. The Kier molecular flexibility index (Phi) is 6.01. The summed E-state index contributed by atoms with van der Waals surface area (Å²) in [6, 6.07) is 7.71. The summed E-state index contributed by atoms with van der Waals surface area (Å²) in [5, 5.41) is 0. The largest absolute Gasteiger partial charge is 0.454 e. The molecule has 0 saturated heterocycles. The Morgan fingerprint density at radius 1 is 0.632 bits per heavy atom. The molecule has 7 heteroatoms. The predicted molar refractivity (Wildman–Crippen MR) is 99.2 cm³/mol. The SMILES string of the molecule is Brc1cc(Br)c(Oc2cc(Br)cc(Br)c2Br)c(Br)c1. The molecule has 100 valence electrons. The first-order chi connectivity index (χ1) is 8.88. The van der Waals surface area contributed by atoms with Crippen LogP contribution in [0.4, 0.5) is 0 Å². The number of halogens is 6. The maximum absolute atomic E-state index is 5.97. The highest BCUT2D eigenvalue weighted by Gasteiger charge is 2.13. The summed E-state index contributed by atoms with van der Waals surface area (Å²) in [5.74, 6) is 1.43. The second-order valence-electron chi connectivity index (χ2n) is 3.50. The number of ether oxygens (including phenoxy) is 1. The quantitative estimate of drug-likeness (QED) is 0.301. The third-order valence-electron chi connectivity index (χ3n) is 2.13. The third-order valence-corrected chi connectivity index (χ3v) is 6.20. The maximum atomic E-state index is 5.97. The molecule has 0 aromatic heterocycles. The van der Waals surface area contributed by atoms with Crippen molar-refractivity contribution in [2.45, 2.75) is 0 Å². The highest BCUT2D eigenvalue weighted by Crippen LogP contribution is 2.43. The summed E-state index contributed by atoms with van der Waals surface area (Å²) in [5.41, 5.74) is 0. The van der Waals surface area contributed by atoms with Crippen LogP contribution in [0.2, 0.25) is 0 Å². The first-order valence-corrected chi connectivity index (χ1v) is 9.61. The minimum atomic E-state index is 0.713. The molecule has 0 unspecified atom stereocenters. The van der Waals surface area contributed by atoms with Crippen LogP contribution in [0.5, 0.6) is 11.5 Å². The van der Waals surface area contributed by atoms with Crippen LogP contribution in [-0.2, 0) is 0 Å². The highest BCUT2D eigenvalue weighted by atomic mass is 79.9. The van der Waals surface area contributed by atoms with Crippen LogP contribution in [-0.4, -0.2) is 0 Å². The monoisotopic (exact) mass is 638 g/mol. The fourth-order valence-electron chi connectivity index (χ4n) is 1.34. The Hall–Kier alpha value is 1.12. The van der Waals surface area contributed by atoms with Crippen LogP contribution in [0.3, 0.4) is 0 Å². The molecule has 0 aliphatic rings. The van der Waals surface area contributed by atoms with E-state index in [2.05, 4.69) is 95.6 Å². The normalized spacial score (nSPS) is 10.6. The standard InChI is InChI=1S/C12H4Br6O/c13-5-2-8(16)12(9(17)3-5)19-10-4-6(14)1-7(15)11(10)18/h1-4H. The molecule has 0 spiro atoms. The van der Waals surface area contributed by atoms with Gasteiger partial charge in [0.05, 0.1) is 13.4 Å². The summed E-state index contributed by atoms with van der Waals surface area (Å²) in [6.45, 7) is 0. The van der Waals surface area contributed by atoms with Crippen molar-refractivity contribution in [3.05, 3.63) is 51.1 Å². The van der Waals surface area contributed by atoms with E-state index in [0.29, 0.717) is 11.5 Å². The Labute approximate surface area is 161 Å². The summed E-state index contributed by atoms with van der Waals surface area (Å²) < 4.78 is 11.4. The van der Waals surface area contributed by atoms with Crippen molar-refractivity contribution < 1.29 is 4.74 Å². The predicted octanol–water partition coefficient (Wildman–Crippen LogP) is 8.05. The van der Waals surface area contributed by atoms with Crippen LogP contribution < -0.4 is 4.74 Å². The van der Waals surface area contributed by atoms with E-state index in [4.69, 9.17) is 4.74 Å². The van der Waals surface area contributed by atoms with Crippen molar-refractivity contribution in [2.24, 2.45) is 0 Å². The van der Waals surface area contributed by atoms with E-state index in [1.807, 2.05) is 24.3 Å². The summed E-state index contributed by atoms with van der Waals surface area (Å²) in [4.78, 5) is 0. The van der Waals surface area contributed by atoms with Gasteiger partial charge in [-0.05, 0) is 88.0 Å². The van der Waals surface area contributed by atoms with Gasteiger partial charge in [0.1, 0.15) is 5.75 Å². The maximum Gasteiger partial charge on any atom is 0.155 e. The molecule has 19 heavy (non-hydrogen) atoms. The smallest absolute Gasteiger partial charge is 0.155 e. The molecule has 2 aromatic rings. The van der Waals surface area contributed by atoms with E-state index in [0.717, 1.165) is 26.8 Å². The minimum Gasteiger partial charge on any atom is -0.454 e. The zero-order chi connectivity index (χ0) is 14.2. The Balaban J connectivity index is 2.48. The molecule has 1 nitrogen and oxygen atoms in total. The Morgan fingerprint density at radius 3 is 1.68 bits per heavy atom. The minimum absolute atomic E-state index is 0.713. The fraction of sp³-hybridized carbons (Fsp3) is 0. The molecule has 0 fully saturated rings. The number of rotatable bonds is 2. The van der Waals surface area contributed by atoms with E-state index in [1.54, 1.807) is 0 Å². The summed E-state index contributed by atoms with van der Waals surface area (Å²) >= 11 is 20.8. The van der Waals surface area contributed by atoms with Crippen LogP contribution in [0.1, 0.15) is 0 Å². The van der Waals surface area contributed by atoms with Gasteiger partial charge in [0.15, 0.2) is 5.75 Å². The van der Waals surface area contributed by atoms with Crippen LogP contribution in [0.15, 0.2) is 51.1 Å². The second-order valence-corrected chi connectivity index (χ2v) is 8.69. The molecule has 0 bridgehead atoms. The molecule has 0 aliphatic carbocycles. The van der Waals surface area contributed by atoms with Gasteiger partial charge in [-0.25, -0.2) is 0 Å². The van der Waals surface area contributed by atoms with Crippen molar-refractivity contribution in [3.8, 4) is 11.5 Å². The van der Waals surface area contributed by atoms with Crippen LogP contribution in [0.25, 0.3) is 0 Å². The zero-order valence-electron chi connectivity index (χ0n) is 8.99. The molecule has 2 rings (SSSR count). The lowest BCUT2D eigenvalue weighted by Crippen LogP contribution is -1.89. The van der Waals surface area contributed by atoms with Gasteiger partial charge < -0.3 is 4.74 Å². The molecule has 0 heterocycles. The van der Waals surface area contributed by atoms with E-state index >= 15 is 0 Å². The number of hydrogen-bond acceptors (Lipinski definition) is 1. The lowest BCUT2D eigenvalue weighted by atomic mass is 10.3. The second kappa shape index (κ2) is 6.92. The summed E-state index contributed by atoms with van der Waals surface area (Å²) in [7, 11) is 0. The van der Waals surface area contributed by atoms with Crippen molar-refractivity contribution in [1.82, 2.24) is 0 Å². The molecular formula is C12H4Br6O. The van der Waals surface area contributed by atoms with E-state index in [-0.39, 0.29) is 0 Å². The molecule has 0 saturated carbocycles. The van der Waals surface area contributed by atoms with Crippen LogP contribution >= 0.6 is 95.6 Å². The third kappa shape index (κ3) is 4.07. The Morgan fingerprint density at radius 2 is 1.11 bits per heavy atom. The first kappa shape index (κ1) is 16.5. The molecule has 2 aromatic carbocycles. The Bertz CT molecular complexity index is 617. The van der Waals surface area contributed by atoms with Crippen molar-refractivity contribution in [1.29, 1.82) is 0 Å². The molecule has 0 aliphatic heterocycles. The molecule has 0 atom stereocenters. The van der Waals surface area contributed by atoms with Crippen molar-refractivity contribution in [2.75, 3.05) is 0 Å². The van der Waals surface area contributed by atoms with Crippen molar-refractivity contribution in [3.63, 3.8) is 0 Å². The van der Waals surface area contributed by atoms with E-state index in [9.17, 15) is 0 Å². The molecule has 0 N–H and O–H groups in total. The number of hydrogen-bond donors (Lipinski definition) is 0. The average Bonchev–Trinajstić information content (AvgIpc) is 2.29. The van der Waals surface area contributed by atoms with Gasteiger partial charge in [-0.1, -0.05) is 31.9 Å². The fourth-order valence-corrected chi connectivity index (χ4v) is 5.26. The van der Waals surface area contributed by atoms with Gasteiger partial charge in [-0.2, -0.15) is 0 Å². The lowest BCUT2D eigenvalue weighted by molar-refractivity contribution is 0.472. The van der Waals surface area contributed by atoms with Gasteiger partial charge in [0.25, 0.3) is 0 Å². The van der Waals surface area contributed by atoms with E-state index < -0.39 is 0 Å². The molecular weight excluding hydrogens is 640 g/mol. The van der Waals surface area contributed by atoms with Gasteiger partial charge in [-0.15, -0.1) is 0 Å². The van der Waals surface area contributed by atoms with Gasteiger partial charge in [0, 0.05) is 13.4 Å². The van der Waals surface area contributed by atoms with E-state index in [1.165, 1.54) is 0 Å². The lowest BCUT2D eigenvalue weighted by Gasteiger charge is -2.13. The topological polar surface area (TPSA) is 9.23 Å². The molecule has 0 radical (unpaired) electrons. The van der Waals surface area contributed by atoms with Gasteiger partial charge in [-0.3, -0.25) is 0 Å². The molecule has 0 amide bonds. The van der Waals surface area contributed by atoms with Gasteiger partial charge >= 0.3 is 0 Å². The first-order valence-electron chi connectivity index (χ1n) is 4.85. The van der Waals surface area contributed by atoms with Gasteiger partial charge in [0.2, 0.25) is 0 Å². The van der Waals surface area contributed by atoms with Crippen molar-refractivity contribution >= 4 is 95.6 Å².